The van der Waals surface area contributed by atoms with Crippen LogP contribution in [0.25, 0.3) is 0 Å². The van der Waals surface area contributed by atoms with Crippen LogP contribution in [0, 0.1) is 13.8 Å². The maximum atomic E-state index is 12.7. The summed E-state index contributed by atoms with van der Waals surface area (Å²) in [6.45, 7) is 3.82. The molecule has 1 aliphatic rings. The largest absolute Gasteiger partial charge is 0.317 e. The Bertz CT molecular complexity index is 751. The molecular formula is C16H22N4O2S. The first-order valence-corrected chi connectivity index (χ1v) is 9.37. The Morgan fingerprint density at radius 2 is 1.74 bits per heavy atom. The summed E-state index contributed by atoms with van der Waals surface area (Å²) in [4.78, 5) is 0.349. The Morgan fingerprint density at radius 3 is 2.39 bits per heavy atom. The van der Waals surface area contributed by atoms with Crippen LogP contribution in [0.3, 0.4) is 0 Å². The fourth-order valence-electron chi connectivity index (χ4n) is 3.31. The Hall–Kier alpha value is -1.73. The van der Waals surface area contributed by atoms with Gasteiger partial charge in [0.25, 0.3) is 0 Å². The van der Waals surface area contributed by atoms with Crippen molar-refractivity contribution in [1.82, 2.24) is 19.5 Å². The van der Waals surface area contributed by atoms with Crippen LogP contribution < -0.4 is 4.72 Å². The van der Waals surface area contributed by atoms with Gasteiger partial charge in [-0.3, -0.25) is 0 Å². The van der Waals surface area contributed by atoms with Crippen LogP contribution >= 0.6 is 0 Å². The summed E-state index contributed by atoms with van der Waals surface area (Å²) in [6.07, 6.45) is 7.05. The van der Waals surface area contributed by atoms with Gasteiger partial charge in [-0.25, -0.2) is 13.1 Å². The Morgan fingerprint density at radius 1 is 1.09 bits per heavy atom. The summed E-state index contributed by atoms with van der Waals surface area (Å²) < 4.78 is 30.2. The van der Waals surface area contributed by atoms with Crippen molar-refractivity contribution in [3.63, 3.8) is 0 Å². The molecule has 1 saturated carbocycles. The lowest BCUT2D eigenvalue weighted by Gasteiger charge is -2.30. The molecule has 2 aromatic rings. The van der Waals surface area contributed by atoms with E-state index in [0.29, 0.717) is 4.90 Å². The molecule has 1 aromatic heterocycles. The number of hydrogen-bond donors (Lipinski definition) is 1. The summed E-state index contributed by atoms with van der Waals surface area (Å²) in [6, 6.07) is 5.61. The van der Waals surface area contributed by atoms with E-state index in [9.17, 15) is 8.42 Å². The van der Waals surface area contributed by atoms with E-state index >= 15 is 0 Å². The third-order valence-electron chi connectivity index (χ3n) is 4.33. The average molecular weight is 334 g/mol. The van der Waals surface area contributed by atoms with E-state index in [1.807, 2.05) is 24.5 Å². The molecular weight excluding hydrogens is 312 g/mol. The highest BCUT2D eigenvalue weighted by Crippen LogP contribution is 2.29. The van der Waals surface area contributed by atoms with Gasteiger partial charge in [0.1, 0.15) is 12.7 Å². The van der Waals surface area contributed by atoms with Gasteiger partial charge in [0.15, 0.2) is 0 Å². The van der Waals surface area contributed by atoms with Crippen LogP contribution in [-0.4, -0.2) is 29.2 Å². The lowest BCUT2D eigenvalue weighted by molar-refractivity contribution is 0.305. The molecule has 6 nitrogen and oxygen atoms in total. The number of nitrogens with zero attached hydrogens (tertiary/aromatic N) is 3. The second-order valence-corrected chi connectivity index (χ2v) is 8.09. The van der Waals surface area contributed by atoms with Crippen LogP contribution in [0.1, 0.15) is 42.9 Å². The van der Waals surface area contributed by atoms with Crippen molar-refractivity contribution in [1.29, 1.82) is 0 Å². The molecule has 1 heterocycles. The smallest absolute Gasteiger partial charge is 0.240 e. The topological polar surface area (TPSA) is 76.9 Å². The van der Waals surface area contributed by atoms with E-state index in [4.69, 9.17) is 0 Å². The molecule has 23 heavy (non-hydrogen) atoms. The average Bonchev–Trinajstić information content (AvgIpc) is 3.00. The van der Waals surface area contributed by atoms with Crippen molar-refractivity contribution in [2.45, 2.75) is 56.5 Å². The van der Waals surface area contributed by atoms with Crippen LogP contribution in [-0.2, 0) is 10.0 Å². The number of aromatic nitrogens is 3. The highest BCUT2D eigenvalue weighted by atomic mass is 32.2. The van der Waals surface area contributed by atoms with Gasteiger partial charge < -0.3 is 4.57 Å². The zero-order valence-corrected chi connectivity index (χ0v) is 14.3. The highest BCUT2D eigenvalue weighted by Gasteiger charge is 2.27. The van der Waals surface area contributed by atoms with E-state index in [-0.39, 0.29) is 12.1 Å². The van der Waals surface area contributed by atoms with Gasteiger partial charge in [0.05, 0.1) is 4.90 Å². The first kappa shape index (κ1) is 16.1. The normalized spacial score (nSPS) is 22.2. The summed E-state index contributed by atoms with van der Waals surface area (Å²) >= 11 is 0. The molecule has 0 radical (unpaired) electrons. The zero-order chi connectivity index (χ0) is 16.4. The number of nitrogens with one attached hydrogen (secondary N) is 1. The molecule has 1 aliphatic carbocycles. The van der Waals surface area contributed by atoms with E-state index in [0.717, 1.165) is 36.8 Å². The van der Waals surface area contributed by atoms with Crippen LogP contribution in [0.5, 0.6) is 0 Å². The van der Waals surface area contributed by atoms with Crippen molar-refractivity contribution in [2.75, 3.05) is 0 Å². The van der Waals surface area contributed by atoms with Gasteiger partial charge in [-0.1, -0.05) is 6.07 Å². The molecule has 0 bridgehead atoms. The Kier molecular flexibility index (Phi) is 4.50. The molecule has 1 fully saturated rings. The van der Waals surface area contributed by atoms with Gasteiger partial charge in [0.2, 0.25) is 10.0 Å². The van der Waals surface area contributed by atoms with Crippen LogP contribution in [0.2, 0.25) is 0 Å². The number of rotatable bonds is 4. The van der Waals surface area contributed by atoms with Crippen LogP contribution in [0.4, 0.5) is 0 Å². The van der Waals surface area contributed by atoms with E-state index in [2.05, 4.69) is 14.9 Å². The van der Waals surface area contributed by atoms with Crippen molar-refractivity contribution >= 4 is 10.0 Å². The summed E-state index contributed by atoms with van der Waals surface area (Å²) in [5.74, 6) is 0. The van der Waals surface area contributed by atoms with Crippen molar-refractivity contribution in [3.05, 3.63) is 42.0 Å². The first-order chi connectivity index (χ1) is 10.9. The summed E-state index contributed by atoms with van der Waals surface area (Å²) in [5.41, 5.74) is 1.91. The van der Waals surface area contributed by atoms with Crippen LogP contribution in [0.15, 0.2) is 35.7 Å². The highest BCUT2D eigenvalue weighted by molar-refractivity contribution is 7.89. The molecule has 124 valence electrons. The Balaban J connectivity index is 1.75. The lowest BCUT2D eigenvalue weighted by Crippen LogP contribution is -2.38. The molecule has 0 spiro atoms. The van der Waals surface area contributed by atoms with Crippen molar-refractivity contribution in [3.8, 4) is 0 Å². The first-order valence-electron chi connectivity index (χ1n) is 7.89. The molecule has 1 N–H and O–H groups in total. The van der Waals surface area contributed by atoms with Gasteiger partial charge in [0, 0.05) is 12.1 Å². The summed E-state index contributed by atoms with van der Waals surface area (Å²) in [7, 11) is -3.49. The fraction of sp³-hybridized carbons (Fsp3) is 0.500. The third-order valence-corrected chi connectivity index (χ3v) is 5.83. The molecule has 0 saturated heterocycles. The monoisotopic (exact) mass is 334 g/mol. The van der Waals surface area contributed by atoms with Gasteiger partial charge >= 0.3 is 0 Å². The second-order valence-electron chi connectivity index (χ2n) is 6.37. The van der Waals surface area contributed by atoms with E-state index in [1.165, 1.54) is 0 Å². The standard InChI is InChI=1S/C16H22N4O2S/c1-12-6-13(2)8-16(7-12)23(21,22)19-14-4-3-5-15(9-14)20-10-17-18-11-20/h6-8,10-11,14-15,19H,3-5,9H2,1-2H3/t14-,15+/m0/s1. The minimum absolute atomic E-state index is 0.0537. The molecule has 3 rings (SSSR count). The number of sulfonamides is 1. The SMILES string of the molecule is Cc1cc(C)cc(S(=O)(=O)N[C@H]2CCC[C@@H](n3cnnc3)C2)c1. The maximum Gasteiger partial charge on any atom is 0.240 e. The number of hydrogen-bond acceptors (Lipinski definition) is 4. The molecule has 0 amide bonds. The van der Waals surface area contributed by atoms with Gasteiger partial charge in [-0.05, 0) is 62.8 Å². The predicted octanol–water partition coefficient (Wildman–Crippen LogP) is 2.36. The number of benzene rings is 1. The lowest BCUT2D eigenvalue weighted by atomic mass is 9.91. The molecule has 2 atom stereocenters. The third kappa shape index (κ3) is 3.79. The van der Waals surface area contributed by atoms with E-state index in [1.54, 1.807) is 24.8 Å². The van der Waals surface area contributed by atoms with Gasteiger partial charge in [-0.2, -0.15) is 0 Å². The fourth-order valence-corrected chi connectivity index (χ4v) is 4.79. The maximum absolute atomic E-state index is 12.7. The molecule has 7 heteroatoms. The summed E-state index contributed by atoms with van der Waals surface area (Å²) in [5, 5.41) is 7.68. The van der Waals surface area contributed by atoms with Gasteiger partial charge in [-0.15, -0.1) is 10.2 Å². The molecule has 0 unspecified atom stereocenters. The molecule has 1 aromatic carbocycles. The quantitative estimate of drug-likeness (QED) is 0.931. The minimum Gasteiger partial charge on any atom is -0.317 e. The number of aryl methyl sites for hydroxylation is 2. The molecule has 0 aliphatic heterocycles. The second kappa shape index (κ2) is 6.41. The minimum atomic E-state index is -3.49. The predicted molar refractivity (Wildman–Crippen MR) is 87.6 cm³/mol. The van der Waals surface area contributed by atoms with Crippen molar-refractivity contribution < 1.29 is 8.42 Å². The van der Waals surface area contributed by atoms with E-state index < -0.39 is 10.0 Å². The Labute approximate surface area is 137 Å². The van der Waals surface area contributed by atoms with Crippen molar-refractivity contribution in [2.24, 2.45) is 0 Å². The zero-order valence-electron chi connectivity index (χ0n) is 13.4.